The SMILES string of the molecule is ClCCN1CCCC(Cl)C1. The lowest BCUT2D eigenvalue weighted by Gasteiger charge is -2.28. The van der Waals surface area contributed by atoms with E-state index in [0.29, 0.717) is 5.38 Å². The van der Waals surface area contributed by atoms with E-state index in [2.05, 4.69) is 4.90 Å². The Morgan fingerprint density at radius 1 is 1.50 bits per heavy atom. The van der Waals surface area contributed by atoms with E-state index in [4.69, 9.17) is 23.2 Å². The summed E-state index contributed by atoms with van der Waals surface area (Å²) in [5.41, 5.74) is 0. The van der Waals surface area contributed by atoms with Crippen molar-refractivity contribution in [3.8, 4) is 0 Å². The van der Waals surface area contributed by atoms with Crippen molar-refractivity contribution < 1.29 is 0 Å². The predicted octanol–water partition coefficient (Wildman–Crippen LogP) is 1.93. The molecule has 1 saturated heterocycles. The van der Waals surface area contributed by atoms with Gasteiger partial charge in [-0.15, -0.1) is 23.2 Å². The molecule has 3 heteroatoms. The largest absolute Gasteiger partial charge is 0.301 e. The molecule has 0 aromatic heterocycles. The minimum Gasteiger partial charge on any atom is -0.301 e. The maximum Gasteiger partial charge on any atom is 0.0463 e. The van der Waals surface area contributed by atoms with Crippen LogP contribution in [0.2, 0.25) is 0 Å². The molecule has 0 bridgehead atoms. The number of hydrogen-bond donors (Lipinski definition) is 0. The highest BCUT2D eigenvalue weighted by molar-refractivity contribution is 6.20. The molecule has 0 aromatic carbocycles. The normalized spacial score (nSPS) is 28.8. The van der Waals surface area contributed by atoms with Crippen molar-refractivity contribution in [2.24, 2.45) is 0 Å². The Bertz CT molecular complexity index is 95.6. The molecule has 0 N–H and O–H groups in total. The third-order valence-electron chi connectivity index (χ3n) is 1.85. The topological polar surface area (TPSA) is 3.24 Å². The predicted molar refractivity (Wildman–Crippen MR) is 46.0 cm³/mol. The fraction of sp³-hybridized carbons (Fsp3) is 1.00. The zero-order chi connectivity index (χ0) is 7.40. The summed E-state index contributed by atoms with van der Waals surface area (Å²) in [5.74, 6) is 0.726. The molecule has 1 unspecified atom stereocenters. The van der Waals surface area contributed by atoms with Crippen LogP contribution in [0, 0.1) is 0 Å². The van der Waals surface area contributed by atoms with Crippen molar-refractivity contribution in [1.29, 1.82) is 0 Å². The maximum atomic E-state index is 5.96. The number of hydrogen-bond acceptors (Lipinski definition) is 1. The molecule has 10 heavy (non-hydrogen) atoms. The van der Waals surface area contributed by atoms with Gasteiger partial charge in [-0.3, -0.25) is 0 Å². The number of likely N-dealkylation sites (tertiary alicyclic amines) is 1. The number of alkyl halides is 2. The standard InChI is InChI=1S/C7H13Cl2N/c8-3-5-10-4-1-2-7(9)6-10/h7H,1-6H2. The van der Waals surface area contributed by atoms with Crippen LogP contribution in [0.25, 0.3) is 0 Å². The van der Waals surface area contributed by atoms with E-state index in [0.717, 1.165) is 19.0 Å². The van der Waals surface area contributed by atoms with Gasteiger partial charge in [0.25, 0.3) is 0 Å². The van der Waals surface area contributed by atoms with E-state index in [-0.39, 0.29) is 0 Å². The van der Waals surface area contributed by atoms with Gasteiger partial charge in [-0.05, 0) is 19.4 Å². The van der Waals surface area contributed by atoms with Crippen LogP contribution >= 0.6 is 23.2 Å². The average molecular weight is 182 g/mol. The second kappa shape index (κ2) is 4.42. The lowest BCUT2D eigenvalue weighted by atomic mass is 10.1. The maximum absolute atomic E-state index is 5.96. The van der Waals surface area contributed by atoms with Crippen LogP contribution in [-0.4, -0.2) is 35.8 Å². The van der Waals surface area contributed by atoms with Gasteiger partial charge in [0.05, 0.1) is 0 Å². The number of nitrogens with zero attached hydrogens (tertiary/aromatic N) is 1. The molecule has 0 aromatic rings. The molecule has 1 aliphatic rings. The molecule has 0 amide bonds. The smallest absolute Gasteiger partial charge is 0.0463 e. The number of halogens is 2. The van der Waals surface area contributed by atoms with Crippen LogP contribution in [0.1, 0.15) is 12.8 Å². The Morgan fingerprint density at radius 3 is 2.90 bits per heavy atom. The summed E-state index contributed by atoms with van der Waals surface area (Å²) >= 11 is 11.6. The van der Waals surface area contributed by atoms with Crippen LogP contribution in [0.5, 0.6) is 0 Å². The lowest BCUT2D eigenvalue weighted by molar-refractivity contribution is 0.245. The molecule has 1 nitrogen and oxygen atoms in total. The zero-order valence-electron chi connectivity index (χ0n) is 6.02. The highest BCUT2D eigenvalue weighted by Crippen LogP contribution is 2.14. The first-order chi connectivity index (χ1) is 4.83. The molecule has 1 atom stereocenters. The Balaban J connectivity index is 2.18. The fourth-order valence-electron chi connectivity index (χ4n) is 1.32. The van der Waals surface area contributed by atoms with Crippen molar-refractivity contribution in [3.05, 3.63) is 0 Å². The summed E-state index contributed by atoms with van der Waals surface area (Å²) in [6.45, 7) is 3.19. The van der Waals surface area contributed by atoms with Crippen LogP contribution in [0.15, 0.2) is 0 Å². The van der Waals surface area contributed by atoms with E-state index in [1.54, 1.807) is 0 Å². The average Bonchev–Trinajstić information content (AvgIpc) is 1.88. The summed E-state index contributed by atoms with van der Waals surface area (Å²) in [7, 11) is 0. The molecular formula is C7H13Cl2N. The summed E-state index contributed by atoms with van der Waals surface area (Å²) in [4.78, 5) is 2.33. The monoisotopic (exact) mass is 181 g/mol. The summed E-state index contributed by atoms with van der Waals surface area (Å²) in [6, 6.07) is 0. The summed E-state index contributed by atoms with van der Waals surface area (Å²) < 4.78 is 0. The van der Waals surface area contributed by atoms with Gasteiger partial charge in [-0.25, -0.2) is 0 Å². The van der Waals surface area contributed by atoms with E-state index in [9.17, 15) is 0 Å². The van der Waals surface area contributed by atoms with Gasteiger partial charge in [0.1, 0.15) is 0 Å². The third kappa shape index (κ3) is 2.65. The molecule has 1 heterocycles. The second-order valence-electron chi connectivity index (χ2n) is 2.73. The quantitative estimate of drug-likeness (QED) is 0.590. The zero-order valence-corrected chi connectivity index (χ0v) is 7.53. The number of rotatable bonds is 2. The summed E-state index contributed by atoms with van der Waals surface area (Å²) in [5, 5.41) is 0.358. The van der Waals surface area contributed by atoms with E-state index < -0.39 is 0 Å². The van der Waals surface area contributed by atoms with Crippen molar-refractivity contribution >= 4 is 23.2 Å². The first kappa shape index (κ1) is 8.63. The first-order valence-electron chi connectivity index (χ1n) is 3.75. The van der Waals surface area contributed by atoms with E-state index in [1.165, 1.54) is 19.4 Å². The minimum absolute atomic E-state index is 0.358. The Hall–Kier alpha value is 0.540. The highest BCUT2D eigenvalue weighted by Gasteiger charge is 2.16. The van der Waals surface area contributed by atoms with Gasteiger partial charge >= 0.3 is 0 Å². The van der Waals surface area contributed by atoms with Gasteiger partial charge in [0.2, 0.25) is 0 Å². The molecule has 1 aliphatic heterocycles. The fourth-order valence-corrected chi connectivity index (χ4v) is 1.91. The molecule has 0 radical (unpaired) electrons. The van der Waals surface area contributed by atoms with Crippen LogP contribution in [0.4, 0.5) is 0 Å². The number of piperidine rings is 1. The minimum atomic E-state index is 0.358. The summed E-state index contributed by atoms with van der Waals surface area (Å²) in [6.07, 6.45) is 2.39. The van der Waals surface area contributed by atoms with Gasteiger partial charge in [0, 0.05) is 24.3 Å². The molecule has 0 saturated carbocycles. The van der Waals surface area contributed by atoms with Crippen LogP contribution in [-0.2, 0) is 0 Å². The highest BCUT2D eigenvalue weighted by atomic mass is 35.5. The molecular weight excluding hydrogens is 169 g/mol. The van der Waals surface area contributed by atoms with Crippen molar-refractivity contribution in [2.45, 2.75) is 18.2 Å². The molecule has 1 fully saturated rings. The van der Waals surface area contributed by atoms with Gasteiger partial charge < -0.3 is 4.90 Å². The van der Waals surface area contributed by atoms with Gasteiger partial charge in [0.15, 0.2) is 0 Å². The molecule has 0 aliphatic carbocycles. The molecule has 1 rings (SSSR count). The van der Waals surface area contributed by atoms with Crippen LogP contribution < -0.4 is 0 Å². The Labute approximate surface area is 72.3 Å². The second-order valence-corrected chi connectivity index (χ2v) is 3.72. The van der Waals surface area contributed by atoms with E-state index >= 15 is 0 Å². The van der Waals surface area contributed by atoms with Crippen molar-refractivity contribution in [3.63, 3.8) is 0 Å². The Kier molecular flexibility index (Phi) is 3.82. The lowest BCUT2D eigenvalue weighted by Crippen LogP contribution is -2.37. The van der Waals surface area contributed by atoms with Gasteiger partial charge in [-0.1, -0.05) is 0 Å². The van der Waals surface area contributed by atoms with Crippen molar-refractivity contribution in [1.82, 2.24) is 4.90 Å². The van der Waals surface area contributed by atoms with Crippen LogP contribution in [0.3, 0.4) is 0 Å². The Morgan fingerprint density at radius 2 is 2.30 bits per heavy atom. The van der Waals surface area contributed by atoms with Crippen molar-refractivity contribution in [2.75, 3.05) is 25.5 Å². The van der Waals surface area contributed by atoms with Gasteiger partial charge in [-0.2, -0.15) is 0 Å². The molecule has 0 spiro atoms. The third-order valence-corrected chi connectivity index (χ3v) is 2.37. The van der Waals surface area contributed by atoms with E-state index in [1.807, 2.05) is 0 Å². The first-order valence-corrected chi connectivity index (χ1v) is 4.72. The molecule has 60 valence electrons.